The Labute approximate surface area is 139 Å². The molecule has 124 valence electrons. The van der Waals surface area contributed by atoms with Crippen LogP contribution in [0.25, 0.3) is 0 Å². The fourth-order valence-electron chi connectivity index (χ4n) is 2.68. The van der Waals surface area contributed by atoms with Crippen LogP contribution in [0.4, 0.5) is 4.79 Å². The predicted molar refractivity (Wildman–Crippen MR) is 87.2 cm³/mol. The zero-order valence-electron chi connectivity index (χ0n) is 13.3. The number of nitrogens with one attached hydrogen (secondary N) is 1. The van der Waals surface area contributed by atoms with Crippen LogP contribution in [0.2, 0.25) is 0 Å². The zero-order valence-corrected chi connectivity index (χ0v) is 14.1. The third-order valence-electron chi connectivity index (χ3n) is 3.98. The molecule has 0 radical (unpaired) electrons. The van der Waals surface area contributed by atoms with Gasteiger partial charge in [-0.2, -0.15) is 0 Å². The van der Waals surface area contributed by atoms with Crippen LogP contribution in [-0.4, -0.2) is 45.4 Å². The van der Waals surface area contributed by atoms with Crippen molar-refractivity contribution in [3.63, 3.8) is 0 Å². The Morgan fingerprint density at radius 3 is 3.13 bits per heavy atom. The lowest BCUT2D eigenvalue weighted by Gasteiger charge is -2.33. The van der Waals surface area contributed by atoms with Gasteiger partial charge in [0.25, 0.3) is 0 Å². The maximum Gasteiger partial charge on any atom is 0.318 e. The summed E-state index contributed by atoms with van der Waals surface area (Å²) in [4.78, 5) is 15.6. The number of amides is 2. The first kappa shape index (κ1) is 15.9. The molecular formula is C15H21N5O2S. The molecule has 0 bridgehead atoms. The zero-order chi connectivity index (χ0) is 16.2. The Kier molecular flexibility index (Phi) is 4.92. The fourth-order valence-corrected chi connectivity index (χ4v) is 3.54. The van der Waals surface area contributed by atoms with Gasteiger partial charge in [0, 0.05) is 18.5 Å². The summed E-state index contributed by atoms with van der Waals surface area (Å²) in [5.74, 6) is 0.743. The molecule has 0 aromatic carbocycles. The van der Waals surface area contributed by atoms with Gasteiger partial charge in [-0.25, -0.2) is 4.79 Å². The van der Waals surface area contributed by atoms with Crippen LogP contribution in [0.15, 0.2) is 23.8 Å². The lowest BCUT2D eigenvalue weighted by molar-refractivity contribution is -0.0217. The van der Waals surface area contributed by atoms with Gasteiger partial charge in [-0.3, -0.25) is 0 Å². The quantitative estimate of drug-likeness (QED) is 0.929. The van der Waals surface area contributed by atoms with Gasteiger partial charge in [0.05, 0.1) is 19.2 Å². The molecule has 1 aliphatic rings. The van der Waals surface area contributed by atoms with Crippen molar-refractivity contribution in [2.75, 3.05) is 19.7 Å². The van der Waals surface area contributed by atoms with Crippen molar-refractivity contribution < 1.29 is 9.53 Å². The van der Waals surface area contributed by atoms with Gasteiger partial charge in [0.1, 0.15) is 12.4 Å². The first-order valence-corrected chi connectivity index (χ1v) is 8.61. The molecule has 0 saturated carbocycles. The molecule has 3 rings (SSSR count). The second-order valence-corrected chi connectivity index (χ2v) is 6.51. The number of rotatable bonds is 4. The molecule has 0 unspecified atom stereocenters. The van der Waals surface area contributed by atoms with Gasteiger partial charge in [-0.1, -0.05) is 13.0 Å². The third-order valence-corrected chi connectivity index (χ3v) is 4.97. The van der Waals surface area contributed by atoms with Crippen molar-refractivity contribution in [3.8, 4) is 0 Å². The Morgan fingerprint density at radius 1 is 1.61 bits per heavy atom. The summed E-state index contributed by atoms with van der Waals surface area (Å²) in [5.41, 5.74) is 0. The van der Waals surface area contributed by atoms with Crippen molar-refractivity contribution in [2.24, 2.45) is 7.05 Å². The second kappa shape index (κ2) is 7.10. The van der Waals surface area contributed by atoms with Crippen molar-refractivity contribution in [1.82, 2.24) is 25.0 Å². The summed E-state index contributed by atoms with van der Waals surface area (Å²) in [5, 5.41) is 13.1. The lowest BCUT2D eigenvalue weighted by atomic mass is 10.2. The Hall–Kier alpha value is -1.93. The first-order valence-electron chi connectivity index (χ1n) is 7.73. The van der Waals surface area contributed by atoms with Crippen LogP contribution in [0.3, 0.4) is 0 Å². The molecule has 2 atom stereocenters. The van der Waals surface area contributed by atoms with E-state index in [9.17, 15) is 4.79 Å². The maximum atomic E-state index is 12.6. The molecule has 1 aliphatic heterocycles. The van der Waals surface area contributed by atoms with Crippen molar-refractivity contribution >= 4 is 17.4 Å². The van der Waals surface area contributed by atoms with Gasteiger partial charge < -0.3 is 19.5 Å². The lowest BCUT2D eigenvalue weighted by Crippen LogP contribution is -2.48. The van der Waals surface area contributed by atoms with E-state index in [1.165, 1.54) is 4.88 Å². The van der Waals surface area contributed by atoms with Crippen molar-refractivity contribution in [3.05, 3.63) is 34.5 Å². The SMILES string of the molecule is CC[C@H](NC(=O)N1CCO[C@@H](c2nncn2C)C1)c1cccs1. The number of nitrogens with zero attached hydrogens (tertiary/aromatic N) is 4. The molecule has 2 aromatic heterocycles. The third kappa shape index (κ3) is 3.53. The maximum absolute atomic E-state index is 12.6. The summed E-state index contributed by atoms with van der Waals surface area (Å²) in [6.07, 6.45) is 2.27. The van der Waals surface area contributed by atoms with E-state index in [0.29, 0.717) is 19.7 Å². The van der Waals surface area contributed by atoms with Crippen LogP contribution in [0.5, 0.6) is 0 Å². The smallest absolute Gasteiger partial charge is 0.318 e. The van der Waals surface area contributed by atoms with E-state index in [2.05, 4.69) is 28.5 Å². The molecule has 0 spiro atoms. The highest BCUT2D eigenvalue weighted by Crippen LogP contribution is 2.23. The fraction of sp³-hybridized carbons (Fsp3) is 0.533. The monoisotopic (exact) mass is 335 g/mol. The van der Waals surface area contributed by atoms with E-state index < -0.39 is 0 Å². The molecule has 2 amide bonds. The molecular weight excluding hydrogens is 314 g/mol. The highest BCUT2D eigenvalue weighted by atomic mass is 32.1. The van der Waals surface area contributed by atoms with E-state index in [4.69, 9.17) is 4.74 Å². The number of aryl methyl sites for hydroxylation is 1. The molecule has 1 saturated heterocycles. The Bertz CT molecular complexity index is 642. The number of morpholine rings is 1. The number of urea groups is 1. The van der Waals surface area contributed by atoms with E-state index in [0.717, 1.165) is 12.2 Å². The van der Waals surface area contributed by atoms with E-state index in [1.807, 2.05) is 23.1 Å². The van der Waals surface area contributed by atoms with Gasteiger partial charge in [0.2, 0.25) is 0 Å². The van der Waals surface area contributed by atoms with E-state index >= 15 is 0 Å². The van der Waals surface area contributed by atoms with Gasteiger partial charge in [-0.15, -0.1) is 21.5 Å². The minimum atomic E-state index is -0.233. The Morgan fingerprint density at radius 2 is 2.48 bits per heavy atom. The predicted octanol–water partition coefficient (Wildman–Crippen LogP) is 2.11. The number of thiophene rings is 1. The highest BCUT2D eigenvalue weighted by Gasteiger charge is 2.29. The van der Waals surface area contributed by atoms with Crippen LogP contribution in [0.1, 0.15) is 36.2 Å². The molecule has 23 heavy (non-hydrogen) atoms. The Balaban J connectivity index is 1.64. The standard InChI is InChI=1S/C15H21N5O2S/c1-3-11(13-5-4-8-23-13)17-15(21)20-6-7-22-12(9-20)14-18-16-10-19(14)2/h4-5,8,10-12H,3,6-7,9H2,1-2H3,(H,17,21)/t11-,12+/m0/s1. The topological polar surface area (TPSA) is 72.3 Å². The summed E-state index contributed by atoms with van der Waals surface area (Å²) >= 11 is 1.67. The number of aromatic nitrogens is 3. The highest BCUT2D eigenvalue weighted by molar-refractivity contribution is 7.10. The molecule has 8 heteroatoms. The van der Waals surface area contributed by atoms with E-state index in [1.54, 1.807) is 22.6 Å². The number of ether oxygens (including phenoxy) is 1. The van der Waals surface area contributed by atoms with Crippen LogP contribution >= 0.6 is 11.3 Å². The summed E-state index contributed by atoms with van der Waals surface area (Å²) in [7, 11) is 1.88. The number of carbonyl (C=O) groups is 1. The van der Waals surface area contributed by atoms with Crippen molar-refractivity contribution in [2.45, 2.75) is 25.5 Å². The average molecular weight is 335 g/mol. The average Bonchev–Trinajstić information content (AvgIpc) is 3.24. The second-order valence-electron chi connectivity index (χ2n) is 5.53. The largest absolute Gasteiger partial charge is 0.366 e. The van der Waals surface area contributed by atoms with Crippen LogP contribution in [0, 0.1) is 0 Å². The minimum absolute atomic E-state index is 0.0543. The summed E-state index contributed by atoms with van der Waals surface area (Å²) < 4.78 is 7.57. The molecule has 2 aromatic rings. The molecule has 0 aliphatic carbocycles. The molecule has 1 N–H and O–H groups in total. The van der Waals surface area contributed by atoms with Crippen LogP contribution in [-0.2, 0) is 11.8 Å². The van der Waals surface area contributed by atoms with Crippen LogP contribution < -0.4 is 5.32 Å². The number of hydrogen-bond acceptors (Lipinski definition) is 5. The van der Waals surface area contributed by atoms with Gasteiger partial charge >= 0.3 is 6.03 Å². The minimum Gasteiger partial charge on any atom is -0.366 e. The number of hydrogen-bond donors (Lipinski definition) is 1. The molecule has 7 nitrogen and oxygen atoms in total. The first-order chi connectivity index (χ1) is 11.2. The summed E-state index contributed by atoms with van der Waals surface area (Å²) in [6.45, 7) is 3.65. The van der Waals surface area contributed by atoms with E-state index in [-0.39, 0.29) is 18.2 Å². The summed E-state index contributed by atoms with van der Waals surface area (Å²) in [6, 6.07) is 4.06. The molecule has 3 heterocycles. The normalized spacial score (nSPS) is 19.6. The van der Waals surface area contributed by atoms with Gasteiger partial charge in [-0.05, 0) is 17.9 Å². The van der Waals surface area contributed by atoms with Crippen molar-refractivity contribution in [1.29, 1.82) is 0 Å². The van der Waals surface area contributed by atoms with Gasteiger partial charge in [0.15, 0.2) is 5.82 Å². The number of carbonyl (C=O) groups excluding carboxylic acids is 1. The molecule has 1 fully saturated rings.